The number of amides is 1. The summed E-state index contributed by atoms with van der Waals surface area (Å²) >= 11 is 1.62. The van der Waals surface area contributed by atoms with Crippen LogP contribution < -0.4 is 15.1 Å². The third-order valence-electron chi connectivity index (χ3n) is 4.15. The largest absolute Gasteiger partial charge is 0.363 e. The van der Waals surface area contributed by atoms with E-state index in [-0.39, 0.29) is 11.9 Å². The van der Waals surface area contributed by atoms with E-state index in [0.717, 1.165) is 43.1 Å². The third-order valence-corrected chi connectivity index (χ3v) is 4.88. The molecule has 0 spiro atoms. The first kappa shape index (κ1) is 16.7. The molecule has 6 nitrogen and oxygen atoms in total. The molecule has 0 radical (unpaired) electrons. The molecule has 128 valence electrons. The summed E-state index contributed by atoms with van der Waals surface area (Å²) in [5.74, 6) is 1.91. The maximum absolute atomic E-state index is 12.2. The van der Waals surface area contributed by atoms with Crippen molar-refractivity contribution in [2.75, 3.05) is 37.0 Å². The molecule has 3 rings (SSSR count). The molecule has 1 fully saturated rings. The lowest BCUT2D eigenvalue weighted by atomic mass is 10.1. The van der Waals surface area contributed by atoms with Gasteiger partial charge in [0.25, 0.3) is 0 Å². The second kappa shape index (κ2) is 7.61. The summed E-state index contributed by atoms with van der Waals surface area (Å²) < 4.78 is 0. The minimum atomic E-state index is 0.0944. The summed E-state index contributed by atoms with van der Waals surface area (Å²) in [6.07, 6.45) is 4.11. The van der Waals surface area contributed by atoms with Crippen LogP contribution in [0.4, 0.5) is 11.6 Å². The van der Waals surface area contributed by atoms with Gasteiger partial charge >= 0.3 is 0 Å². The standard InChI is InChI=1S/C17H23N5OS/c1-21(2)15-9-16(19-12-18-15)22-6-3-4-14(10-22)20-17(23)8-13-5-7-24-11-13/h5,7,9,11-12,14H,3-4,6,8,10H2,1-2H3,(H,20,23)/t14-/m1/s1. The van der Waals surface area contributed by atoms with Gasteiger partial charge in [0, 0.05) is 39.3 Å². The molecular weight excluding hydrogens is 322 g/mol. The van der Waals surface area contributed by atoms with Gasteiger partial charge in [0.1, 0.15) is 18.0 Å². The van der Waals surface area contributed by atoms with E-state index >= 15 is 0 Å². The van der Waals surface area contributed by atoms with Crippen molar-refractivity contribution in [3.05, 3.63) is 34.8 Å². The van der Waals surface area contributed by atoms with Crippen LogP contribution in [0, 0.1) is 0 Å². The molecule has 2 aromatic rings. The van der Waals surface area contributed by atoms with Crippen molar-refractivity contribution >= 4 is 28.9 Å². The van der Waals surface area contributed by atoms with E-state index in [9.17, 15) is 4.79 Å². The van der Waals surface area contributed by atoms with Gasteiger partial charge in [-0.15, -0.1) is 0 Å². The highest BCUT2D eigenvalue weighted by atomic mass is 32.1. The molecule has 1 N–H and O–H groups in total. The summed E-state index contributed by atoms with van der Waals surface area (Å²) in [5.41, 5.74) is 1.08. The van der Waals surface area contributed by atoms with Crippen LogP contribution in [0.5, 0.6) is 0 Å². The van der Waals surface area contributed by atoms with Crippen molar-refractivity contribution in [3.63, 3.8) is 0 Å². The second-order valence-electron chi connectivity index (χ2n) is 6.29. The van der Waals surface area contributed by atoms with E-state index in [4.69, 9.17) is 0 Å². The van der Waals surface area contributed by atoms with Crippen molar-refractivity contribution in [2.45, 2.75) is 25.3 Å². The summed E-state index contributed by atoms with van der Waals surface area (Å²) in [6.45, 7) is 1.75. The number of anilines is 2. The minimum absolute atomic E-state index is 0.0944. The highest BCUT2D eigenvalue weighted by Crippen LogP contribution is 2.20. The van der Waals surface area contributed by atoms with Crippen molar-refractivity contribution in [2.24, 2.45) is 0 Å². The number of piperidine rings is 1. The van der Waals surface area contributed by atoms with Crippen molar-refractivity contribution in [1.82, 2.24) is 15.3 Å². The van der Waals surface area contributed by atoms with Crippen molar-refractivity contribution in [3.8, 4) is 0 Å². The number of aromatic nitrogens is 2. The molecule has 2 aromatic heterocycles. The van der Waals surface area contributed by atoms with E-state index in [1.807, 2.05) is 41.9 Å². The average Bonchev–Trinajstić information content (AvgIpc) is 3.08. The first-order valence-corrected chi connectivity index (χ1v) is 9.11. The summed E-state index contributed by atoms with van der Waals surface area (Å²) in [5, 5.41) is 7.19. The topological polar surface area (TPSA) is 61.4 Å². The fourth-order valence-corrected chi connectivity index (χ4v) is 3.58. The van der Waals surface area contributed by atoms with Crippen LogP contribution in [0.2, 0.25) is 0 Å². The van der Waals surface area contributed by atoms with Gasteiger partial charge in [0.2, 0.25) is 5.91 Å². The van der Waals surface area contributed by atoms with Gasteiger partial charge in [-0.25, -0.2) is 9.97 Å². The van der Waals surface area contributed by atoms with Gasteiger partial charge in [-0.1, -0.05) is 0 Å². The molecule has 24 heavy (non-hydrogen) atoms. The normalized spacial score (nSPS) is 17.6. The zero-order chi connectivity index (χ0) is 16.9. The fraction of sp³-hybridized carbons (Fsp3) is 0.471. The Morgan fingerprint density at radius 2 is 2.33 bits per heavy atom. The van der Waals surface area contributed by atoms with Crippen LogP contribution >= 0.6 is 11.3 Å². The minimum Gasteiger partial charge on any atom is -0.363 e. The maximum atomic E-state index is 12.2. The molecule has 3 heterocycles. The Morgan fingerprint density at radius 3 is 3.08 bits per heavy atom. The van der Waals surface area contributed by atoms with Crippen LogP contribution in [-0.2, 0) is 11.2 Å². The van der Waals surface area contributed by atoms with E-state index in [1.165, 1.54) is 0 Å². The number of hydrogen-bond donors (Lipinski definition) is 1. The summed E-state index contributed by atoms with van der Waals surface area (Å²) in [6, 6.07) is 4.17. The first-order valence-electron chi connectivity index (χ1n) is 8.16. The van der Waals surface area contributed by atoms with Gasteiger partial charge in [-0.05, 0) is 35.2 Å². The van der Waals surface area contributed by atoms with Crippen LogP contribution in [-0.4, -0.2) is 49.1 Å². The number of carbonyl (C=O) groups is 1. The highest BCUT2D eigenvalue weighted by Gasteiger charge is 2.22. The number of thiophene rings is 1. The molecular formula is C17H23N5OS. The Morgan fingerprint density at radius 1 is 1.46 bits per heavy atom. The molecule has 0 aliphatic carbocycles. The third kappa shape index (κ3) is 4.23. The lowest BCUT2D eigenvalue weighted by Crippen LogP contribution is -2.48. The van der Waals surface area contributed by atoms with Gasteiger partial charge in [-0.2, -0.15) is 11.3 Å². The number of nitrogens with one attached hydrogen (secondary N) is 1. The second-order valence-corrected chi connectivity index (χ2v) is 7.07. The molecule has 0 unspecified atom stereocenters. The number of rotatable bonds is 5. The molecule has 1 aliphatic heterocycles. The molecule has 0 bridgehead atoms. The zero-order valence-electron chi connectivity index (χ0n) is 14.1. The Bertz CT molecular complexity index is 673. The molecule has 1 amide bonds. The fourth-order valence-electron chi connectivity index (χ4n) is 2.92. The number of nitrogens with zero attached hydrogens (tertiary/aromatic N) is 4. The average molecular weight is 345 g/mol. The lowest BCUT2D eigenvalue weighted by molar-refractivity contribution is -0.121. The van der Waals surface area contributed by atoms with E-state index in [0.29, 0.717) is 6.42 Å². The Labute approximate surface area is 146 Å². The van der Waals surface area contributed by atoms with E-state index in [2.05, 4.69) is 20.2 Å². The maximum Gasteiger partial charge on any atom is 0.224 e. The van der Waals surface area contributed by atoms with Gasteiger partial charge in [-0.3, -0.25) is 4.79 Å². The van der Waals surface area contributed by atoms with E-state index < -0.39 is 0 Å². The molecule has 7 heteroatoms. The number of hydrogen-bond acceptors (Lipinski definition) is 6. The number of carbonyl (C=O) groups excluding carboxylic acids is 1. The first-order chi connectivity index (χ1) is 11.6. The monoisotopic (exact) mass is 345 g/mol. The van der Waals surface area contributed by atoms with Crippen LogP contribution in [0.3, 0.4) is 0 Å². The van der Waals surface area contributed by atoms with Gasteiger partial charge < -0.3 is 15.1 Å². The predicted molar refractivity (Wildman–Crippen MR) is 97.8 cm³/mol. The predicted octanol–water partition coefficient (Wildman–Crippen LogP) is 1.93. The molecule has 0 aromatic carbocycles. The van der Waals surface area contributed by atoms with Crippen LogP contribution in [0.25, 0.3) is 0 Å². The van der Waals surface area contributed by atoms with Crippen LogP contribution in [0.1, 0.15) is 18.4 Å². The van der Waals surface area contributed by atoms with E-state index in [1.54, 1.807) is 17.7 Å². The SMILES string of the molecule is CN(C)c1cc(N2CCC[C@@H](NC(=O)Cc3ccsc3)C2)ncn1. The van der Waals surface area contributed by atoms with Gasteiger partial charge in [0.15, 0.2) is 0 Å². The molecule has 1 saturated heterocycles. The highest BCUT2D eigenvalue weighted by molar-refractivity contribution is 7.08. The molecule has 0 saturated carbocycles. The lowest BCUT2D eigenvalue weighted by Gasteiger charge is -2.34. The van der Waals surface area contributed by atoms with Gasteiger partial charge in [0.05, 0.1) is 6.42 Å². The Balaban J connectivity index is 1.60. The smallest absolute Gasteiger partial charge is 0.224 e. The summed E-state index contributed by atoms with van der Waals surface area (Å²) in [4.78, 5) is 25.1. The zero-order valence-corrected chi connectivity index (χ0v) is 14.9. The Hall–Kier alpha value is -2.15. The quantitative estimate of drug-likeness (QED) is 0.897. The molecule has 1 atom stereocenters. The van der Waals surface area contributed by atoms with Crippen LogP contribution in [0.15, 0.2) is 29.2 Å². The Kier molecular flexibility index (Phi) is 5.30. The molecule has 1 aliphatic rings. The summed E-state index contributed by atoms with van der Waals surface area (Å²) in [7, 11) is 3.94. The van der Waals surface area contributed by atoms with Crippen molar-refractivity contribution in [1.29, 1.82) is 0 Å². The van der Waals surface area contributed by atoms with Crippen molar-refractivity contribution < 1.29 is 4.79 Å².